The summed E-state index contributed by atoms with van der Waals surface area (Å²) in [5.41, 5.74) is 0.813. The van der Waals surface area contributed by atoms with Gasteiger partial charge < -0.3 is 0 Å². The molecule has 0 radical (unpaired) electrons. The van der Waals surface area contributed by atoms with Gasteiger partial charge in [0, 0.05) is 6.54 Å². The highest BCUT2D eigenvalue weighted by Crippen LogP contribution is 2.19. The third-order valence-corrected chi connectivity index (χ3v) is 3.97. The van der Waals surface area contributed by atoms with Gasteiger partial charge in [0.25, 0.3) is 0 Å². The van der Waals surface area contributed by atoms with Crippen molar-refractivity contribution in [1.82, 2.24) is 4.72 Å². The zero-order chi connectivity index (χ0) is 10.6. The van der Waals surface area contributed by atoms with Crippen LogP contribution in [0.2, 0.25) is 0 Å². The average Bonchev–Trinajstić information content (AvgIpc) is 2.18. The first-order chi connectivity index (χ1) is 6.58. The molecule has 0 aromatic heterocycles. The minimum atomic E-state index is -3.21. The molecule has 0 amide bonds. The topological polar surface area (TPSA) is 46.2 Å². The van der Waals surface area contributed by atoms with E-state index in [2.05, 4.69) is 4.72 Å². The lowest BCUT2D eigenvalue weighted by molar-refractivity contribution is 0.573. The Balaban J connectivity index is 2.91. The van der Waals surface area contributed by atoms with Crippen LogP contribution in [0.3, 0.4) is 0 Å². The molecule has 1 rings (SSSR count). The number of hydrogen-bond donors (Lipinski definition) is 1. The van der Waals surface area contributed by atoms with Crippen molar-refractivity contribution in [3.05, 3.63) is 35.9 Å². The van der Waals surface area contributed by atoms with Gasteiger partial charge in [-0.1, -0.05) is 37.3 Å². The predicted molar refractivity (Wildman–Crippen MR) is 57.5 cm³/mol. The maximum absolute atomic E-state index is 11.6. The number of hydrogen-bond acceptors (Lipinski definition) is 2. The number of nitrogens with one attached hydrogen (secondary N) is 1. The van der Waals surface area contributed by atoms with E-state index in [0.29, 0.717) is 6.54 Å². The van der Waals surface area contributed by atoms with E-state index in [1.807, 2.05) is 30.3 Å². The molecule has 1 aromatic rings. The fourth-order valence-corrected chi connectivity index (χ4v) is 2.40. The Kier molecular flexibility index (Phi) is 3.66. The molecular formula is C10H15NO2S. The van der Waals surface area contributed by atoms with Crippen LogP contribution in [0.1, 0.15) is 24.7 Å². The first kappa shape index (κ1) is 11.2. The van der Waals surface area contributed by atoms with Crippen LogP contribution in [0.25, 0.3) is 0 Å². The third kappa shape index (κ3) is 2.56. The summed E-state index contributed by atoms with van der Waals surface area (Å²) in [5, 5.41) is -0.497. The largest absolute Gasteiger partial charge is 0.218 e. The Morgan fingerprint density at radius 2 is 1.86 bits per heavy atom. The van der Waals surface area contributed by atoms with Gasteiger partial charge in [-0.15, -0.1) is 0 Å². The maximum Gasteiger partial charge on any atom is 0.218 e. The molecule has 0 aliphatic heterocycles. The van der Waals surface area contributed by atoms with Crippen LogP contribution in [-0.2, 0) is 10.0 Å². The summed E-state index contributed by atoms with van der Waals surface area (Å²) in [7, 11) is -3.21. The van der Waals surface area contributed by atoms with Crippen molar-refractivity contribution in [2.75, 3.05) is 6.54 Å². The lowest BCUT2D eigenvalue weighted by Gasteiger charge is -2.12. The maximum atomic E-state index is 11.6. The average molecular weight is 213 g/mol. The molecule has 0 spiro atoms. The van der Waals surface area contributed by atoms with Crippen molar-refractivity contribution in [3.63, 3.8) is 0 Å². The zero-order valence-electron chi connectivity index (χ0n) is 8.40. The second-order valence-electron chi connectivity index (χ2n) is 3.10. The predicted octanol–water partition coefficient (Wildman–Crippen LogP) is 1.69. The molecule has 0 aliphatic rings. The minimum Gasteiger partial charge on any atom is -0.215 e. The van der Waals surface area contributed by atoms with E-state index >= 15 is 0 Å². The van der Waals surface area contributed by atoms with Crippen LogP contribution in [0, 0.1) is 0 Å². The number of sulfonamides is 1. The van der Waals surface area contributed by atoms with Gasteiger partial charge in [0.05, 0.1) is 5.25 Å². The SMILES string of the molecule is CCNS(=O)(=O)[C@@H](C)c1ccccc1. The molecule has 0 aliphatic carbocycles. The molecule has 1 atom stereocenters. The smallest absolute Gasteiger partial charge is 0.215 e. The van der Waals surface area contributed by atoms with Crippen molar-refractivity contribution in [3.8, 4) is 0 Å². The van der Waals surface area contributed by atoms with E-state index in [-0.39, 0.29) is 0 Å². The normalized spacial score (nSPS) is 13.9. The summed E-state index contributed by atoms with van der Waals surface area (Å²) in [4.78, 5) is 0. The summed E-state index contributed by atoms with van der Waals surface area (Å²) in [6, 6.07) is 9.19. The monoisotopic (exact) mass is 213 g/mol. The van der Waals surface area contributed by atoms with Gasteiger partial charge >= 0.3 is 0 Å². The summed E-state index contributed by atoms with van der Waals surface area (Å²) in [6.45, 7) is 3.89. The quantitative estimate of drug-likeness (QED) is 0.827. The highest BCUT2D eigenvalue weighted by atomic mass is 32.2. The van der Waals surface area contributed by atoms with Crippen molar-refractivity contribution in [2.24, 2.45) is 0 Å². The molecule has 14 heavy (non-hydrogen) atoms. The lowest BCUT2D eigenvalue weighted by atomic mass is 10.2. The Bertz CT molecular complexity index is 372. The third-order valence-electron chi connectivity index (χ3n) is 2.08. The van der Waals surface area contributed by atoms with Gasteiger partial charge in [0.15, 0.2) is 0 Å². The Morgan fingerprint density at radius 1 is 1.29 bits per heavy atom. The molecule has 0 saturated heterocycles. The second-order valence-corrected chi connectivity index (χ2v) is 5.18. The molecule has 78 valence electrons. The summed E-state index contributed by atoms with van der Waals surface area (Å²) in [6.07, 6.45) is 0. The van der Waals surface area contributed by atoms with Crippen LogP contribution in [0.5, 0.6) is 0 Å². The molecule has 1 aromatic carbocycles. The number of benzene rings is 1. The molecule has 0 fully saturated rings. The number of rotatable bonds is 4. The first-order valence-corrected chi connectivity index (χ1v) is 6.16. The van der Waals surface area contributed by atoms with Gasteiger partial charge in [-0.05, 0) is 12.5 Å². The standard InChI is InChI=1S/C10H15NO2S/c1-3-11-14(12,13)9(2)10-7-5-4-6-8-10/h4-9,11H,3H2,1-2H3/t9-/m0/s1. The minimum absolute atomic E-state index is 0.430. The second kappa shape index (κ2) is 4.57. The summed E-state index contributed by atoms with van der Waals surface area (Å²) in [5.74, 6) is 0. The molecule has 4 heteroatoms. The van der Waals surface area contributed by atoms with E-state index < -0.39 is 15.3 Å². The van der Waals surface area contributed by atoms with E-state index in [0.717, 1.165) is 5.56 Å². The van der Waals surface area contributed by atoms with Gasteiger partial charge in [0.2, 0.25) is 10.0 Å². The van der Waals surface area contributed by atoms with Crippen LogP contribution >= 0.6 is 0 Å². The Morgan fingerprint density at radius 3 is 2.36 bits per heavy atom. The van der Waals surface area contributed by atoms with E-state index in [1.54, 1.807) is 13.8 Å². The fourth-order valence-electron chi connectivity index (χ4n) is 1.23. The fraction of sp³-hybridized carbons (Fsp3) is 0.400. The van der Waals surface area contributed by atoms with Crippen LogP contribution in [0.15, 0.2) is 30.3 Å². The van der Waals surface area contributed by atoms with Crippen molar-refractivity contribution in [1.29, 1.82) is 0 Å². The lowest BCUT2D eigenvalue weighted by Crippen LogP contribution is -2.27. The van der Waals surface area contributed by atoms with Gasteiger partial charge in [0.1, 0.15) is 0 Å². The highest BCUT2D eigenvalue weighted by molar-refractivity contribution is 7.89. The van der Waals surface area contributed by atoms with Crippen molar-refractivity contribution >= 4 is 10.0 Å². The first-order valence-electron chi connectivity index (χ1n) is 4.61. The van der Waals surface area contributed by atoms with Crippen molar-refractivity contribution in [2.45, 2.75) is 19.1 Å². The van der Waals surface area contributed by atoms with Gasteiger partial charge in [-0.25, -0.2) is 13.1 Å². The van der Waals surface area contributed by atoms with Crippen molar-refractivity contribution < 1.29 is 8.42 Å². The summed E-state index contributed by atoms with van der Waals surface area (Å²) >= 11 is 0. The molecule has 1 N–H and O–H groups in total. The summed E-state index contributed by atoms with van der Waals surface area (Å²) < 4.78 is 25.7. The molecule has 0 bridgehead atoms. The van der Waals surface area contributed by atoms with Crippen LogP contribution in [-0.4, -0.2) is 15.0 Å². The zero-order valence-corrected chi connectivity index (χ0v) is 9.21. The van der Waals surface area contributed by atoms with Gasteiger partial charge in [-0.2, -0.15) is 0 Å². The van der Waals surface area contributed by atoms with Gasteiger partial charge in [-0.3, -0.25) is 0 Å². The van der Waals surface area contributed by atoms with E-state index in [1.165, 1.54) is 0 Å². The Labute approximate surface area is 85.2 Å². The molecular weight excluding hydrogens is 198 g/mol. The molecule has 3 nitrogen and oxygen atoms in total. The van der Waals surface area contributed by atoms with E-state index in [9.17, 15) is 8.42 Å². The molecule has 0 saturated carbocycles. The van der Waals surface area contributed by atoms with Crippen LogP contribution < -0.4 is 4.72 Å². The molecule has 0 unspecified atom stereocenters. The highest BCUT2D eigenvalue weighted by Gasteiger charge is 2.20. The van der Waals surface area contributed by atoms with Crippen LogP contribution in [0.4, 0.5) is 0 Å². The molecule has 0 heterocycles. The van der Waals surface area contributed by atoms with E-state index in [4.69, 9.17) is 0 Å². The Hall–Kier alpha value is -0.870.